The van der Waals surface area contributed by atoms with E-state index < -0.39 is 0 Å². The summed E-state index contributed by atoms with van der Waals surface area (Å²) in [4.78, 5) is 11.0. The Morgan fingerprint density at radius 3 is 2.94 bits per heavy atom. The summed E-state index contributed by atoms with van der Waals surface area (Å²) in [5.41, 5.74) is 1.19. The summed E-state index contributed by atoms with van der Waals surface area (Å²) in [5.74, 6) is 0.579. The number of carbonyl (C=O) groups is 1. The molecule has 0 bridgehead atoms. The standard InChI is InChI=1S/C14H18O3/c1-3-17-14(15)10-5-4-7-12-8-6-9-13(11-12)16-2/h5-6,8-11H,3-4,7H2,1-2H3/b10-5+. The molecule has 3 heteroatoms. The van der Waals surface area contributed by atoms with Crippen LogP contribution in [-0.2, 0) is 16.0 Å². The Hall–Kier alpha value is -1.77. The fraction of sp³-hybridized carbons (Fsp3) is 0.357. The second-order valence-corrected chi connectivity index (χ2v) is 3.54. The second-order valence-electron chi connectivity index (χ2n) is 3.54. The van der Waals surface area contributed by atoms with Gasteiger partial charge in [0.2, 0.25) is 0 Å². The Morgan fingerprint density at radius 2 is 2.24 bits per heavy atom. The molecule has 0 amide bonds. The number of benzene rings is 1. The van der Waals surface area contributed by atoms with Crippen molar-refractivity contribution in [2.24, 2.45) is 0 Å². The van der Waals surface area contributed by atoms with Crippen molar-refractivity contribution in [1.82, 2.24) is 0 Å². The van der Waals surface area contributed by atoms with Crippen LogP contribution in [0.5, 0.6) is 5.75 Å². The van der Waals surface area contributed by atoms with Gasteiger partial charge < -0.3 is 9.47 Å². The monoisotopic (exact) mass is 234 g/mol. The van der Waals surface area contributed by atoms with Gasteiger partial charge in [-0.15, -0.1) is 0 Å². The maximum Gasteiger partial charge on any atom is 0.330 e. The topological polar surface area (TPSA) is 35.5 Å². The van der Waals surface area contributed by atoms with Gasteiger partial charge in [0.05, 0.1) is 13.7 Å². The van der Waals surface area contributed by atoms with Crippen molar-refractivity contribution in [3.8, 4) is 5.75 Å². The summed E-state index contributed by atoms with van der Waals surface area (Å²) >= 11 is 0. The Balaban J connectivity index is 2.37. The number of aryl methyl sites for hydroxylation is 1. The quantitative estimate of drug-likeness (QED) is 0.561. The number of carbonyl (C=O) groups excluding carboxylic acids is 1. The highest BCUT2D eigenvalue weighted by Crippen LogP contribution is 2.13. The van der Waals surface area contributed by atoms with E-state index in [1.165, 1.54) is 11.6 Å². The third-order valence-corrected chi connectivity index (χ3v) is 2.27. The van der Waals surface area contributed by atoms with Crippen molar-refractivity contribution < 1.29 is 14.3 Å². The van der Waals surface area contributed by atoms with E-state index in [0.29, 0.717) is 6.61 Å². The summed E-state index contributed by atoms with van der Waals surface area (Å²) in [6.07, 6.45) is 5.00. The number of allylic oxidation sites excluding steroid dienone is 1. The molecule has 0 atom stereocenters. The minimum absolute atomic E-state index is 0.279. The van der Waals surface area contributed by atoms with Crippen molar-refractivity contribution in [2.45, 2.75) is 19.8 Å². The van der Waals surface area contributed by atoms with Gasteiger partial charge in [0.15, 0.2) is 0 Å². The largest absolute Gasteiger partial charge is 0.497 e. The van der Waals surface area contributed by atoms with Crippen molar-refractivity contribution in [1.29, 1.82) is 0 Å². The van der Waals surface area contributed by atoms with Crippen LogP contribution in [0.3, 0.4) is 0 Å². The van der Waals surface area contributed by atoms with Crippen LogP contribution >= 0.6 is 0 Å². The first-order valence-electron chi connectivity index (χ1n) is 5.72. The molecule has 0 radical (unpaired) electrons. The normalized spacial score (nSPS) is 10.5. The summed E-state index contributed by atoms with van der Waals surface area (Å²) in [6, 6.07) is 7.92. The van der Waals surface area contributed by atoms with Crippen LogP contribution in [0.2, 0.25) is 0 Å². The highest BCUT2D eigenvalue weighted by atomic mass is 16.5. The van der Waals surface area contributed by atoms with Crippen LogP contribution in [0, 0.1) is 0 Å². The lowest BCUT2D eigenvalue weighted by atomic mass is 10.1. The molecule has 1 rings (SSSR count). The average Bonchev–Trinajstić information content (AvgIpc) is 2.35. The molecule has 0 heterocycles. The summed E-state index contributed by atoms with van der Waals surface area (Å²) in [5, 5.41) is 0. The lowest BCUT2D eigenvalue weighted by Crippen LogP contribution is -1.98. The molecule has 0 aliphatic carbocycles. The Bertz CT molecular complexity index is 383. The highest BCUT2D eigenvalue weighted by Gasteiger charge is 1.96. The van der Waals surface area contributed by atoms with E-state index in [-0.39, 0.29) is 5.97 Å². The molecule has 17 heavy (non-hydrogen) atoms. The molecule has 3 nitrogen and oxygen atoms in total. The van der Waals surface area contributed by atoms with E-state index in [4.69, 9.17) is 9.47 Å². The third-order valence-electron chi connectivity index (χ3n) is 2.27. The van der Waals surface area contributed by atoms with E-state index in [9.17, 15) is 4.79 Å². The number of ether oxygens (including phenoxy) is 2. The van der Waals surface area contributed by atoms with E-state index in [0.717, 1.165) is 18.6 Å². The van der Waals surface area contributed by atoms with Crippen LogP contribution in [0.15, 0.2) is 36.4 Å². The summed E-state index contributed by atoms with van der Waals surface area (Å²) < 4.78 is 9.92. The fourth-order valence-electron chi connectivity index (χ4n) is 1.45. The van der Waals surface area contributed by atoms with Gasteiger partial charge in [0.25, 0.3) is 0 Å². The zero-order valence-corrected chi connectivity index (χ0v) is 10.3. The minimum Gasteiger partial charge on any atom is -0.497 e. The number of methoxy groups -OCH3 is 1. The van der Waals surface area contributed by atoms with E-state index in [1.54, 1.807) is 14.0 Å². The van der Waals surface area contributed by atoms with E-state index in [1.807, 2.05) is 30.3 Å². The zero-order valence-electron chi connectivity index (χ0n) is 10.3. The first-order valence-corrected chi connectivity index (χ1v) is 5.72. The van der Waals surface area contributed by atoms with Crippen molar-refractivity contribution in [2.75, 3.05) is 13.7 Å². The Kier molecular flexibility index (Phi) is 5.86. The van der Waals surface area contributed by atoms with Crippen molar-refractivity contribution >= 4 is 5.97 Å². The van der Waals surface area contributed by atoms with E-state index in [2.05, 4.69) is 0 Å². The molecule has 0 N–H and O–H groups in total. The average molecular weight is 234 g/mol. The maximum atomic E-state index is 11.0. The predicted molar refractivity (Wildman–Crippen MR) is 67.1 cm³/mol. The van der Waals surface area contributed by atoms with Gasteiger partial charge in [-0.1, -0.05) is 18.2 Å². The minimum atomic E-state index is -0.279. The third kappa shape index (κ3) is 5.20. The van der Waals surface area contributed by atoms with Gasteiger partial charge in [-0.05, 0) is 37.5 Å². The fourth-order valence-corrected chi connectivity index (χ4v) is 1.45. The molecular formula is C14H18O3. The Morgan fingerprint density at radius 1 is 1.41 bits per heavy atom. The first-order chi connectivity index (χ1) is 8.26. The highest BCUT2D eigenvalue weighted by molar-refractivity contribution is 5.81. The predicted octanol–water partition coefficient (Wildman–Crippen LogP) is 2.75. The van der Waals surface area contributed by atoms with Gasteiger partial charge >= 0.3 is 5.97 Å². The van der Waals surface area contributed by atoms with Gasteiger partial charge in [-0.2, -0.15) is 0 Å². The van der Waals surface area contributed by atoms with Gasteiger partial charge in [0.1, 0.15) is 5.75 Å². The molecule has 0 saturated carbocycles. The number of rotatable bonds is 6. The summed E-state index contributed by atoms with van der Waals surface area (Å²) in [7, 11) is 1.65. The zero-order chi connectivity index (χ0) is 12.5. The van der Waals surface area contributed by atoms with Crippen LogP contribution in [0.4, 0.5) is 0 Å². The molecule has 0 aliphatic rings. The van der Waals surface area contributed by atoms with Crippen molar-refractivity contribution in [3.63, 3.8) is 0 Å². The van der Waals surface area contributed by atoms with Gasteiger partial charge in [-0.3, -0.25) is 0 Å². The first kappa shape index (κ1) is 13.3. The van der Waals surface area contributed by atoms with E-state index >= 15 is 0 Å². The molecule has 1 aromatic rings. The number of hydrogen-bond acceptors (Lipinski definition) is 3. The second kappa shape index (κ2) is 7.49. The molecule has 0 spiro atoms. The molecule has 1 aromatic carbocycles. The lowest BCUT2D eigenvalue weighted by Gasteiger charge is -2.02. The Labute approximate surface area is 102 Å². The molecule has 0 saturated heterocycles. The SMILES string of the molecule is CCOC(=O)/C=C/CCc1cccc(OC)c1. The maximum absolute atomic E-state index is 11.0. The summed E-state index contributed by atoms with van der Waals surface area (Å²) in [6.45, 7) is 2.21. The molecular weight excluding hydrogens is 216 g/mol. The number of esters is 1. The lowest BCUT2D eigenvalue weighted by molar-refractivity contribution is -0.137. The molecule has 0 aliphatic heterocycles. The van der Waals surface area contributed by atoms with Gasteiger partial charge in [0, 0.05) is 6.08 Å². The van der Waals surface area contributed by atoms with Crippen LogP contribution in [-0.4, -0.2) is 19.7 Å². The molecule has 92 valence electrons. The number of hydrogen-bond donors (Lipinski definition) is 0. The molecule has 0 fully saturated rings. The molecule has 0 aromatic heterocycles. The van der Waals surface area contributed by atoms with Crippen LogP contribution in [0.1, 0.15) is 18.9 Å². The van der Waals surface area contributed by atoms with Crippen molar-refractivity contribution in [3.05, 3.63) is 42.0 Å². The van der Waals surface area contributed by atoms with Crippen LogP contribution < -0.4 is 4.74 Å². The smallest absolute Gasteiger partial charge is 0.330 e. The van der Waals surface area contributed by atoms with Gasteiger partial charge in [-0.25, -0.2) is 4.79 Å². The van der Waals surface area contributed by atoms with Crippen LogP contribution in [0.25, 0.3) is 0 Å². The molecule has 0 unspecified atom stereocenters.